The van der Waals surface area contributed by atoms with Gasteiger partial charge in [0.25, 0.3) is 5.91 Å². The van der Waals surface area contributed by atoms with Crippen molar-refractivity contribution in [1.29, 1.82) is 0 Å². The molecule has 3 N–H and O–H groups in total. The SMILES string of the molecule is C=CCNC(=O)C/C(C)=N\NC(=O)c1ccccc1O. The molecule has 1 rings (SSSR count). The quantitative estimate of drug-likeness (QED) is 0.414. The topological polar surface area (TPSA) is 90.8 Å². The second-order valence-corrected chi connectivity index (χ2v) is 4.07. The first-order valence-electron chi connectivity index (χ1n) is 6.03. The highest BCUT2D eigenvalue weighted by Crippen LogP contribution is 2.14. The number of benzene rings is 1. The minimum absolute atomic E-state index is 0.0783. The van der Waals surface area contributed by atoms with Gasteiger partial charge in [-0.05, 0) is 19.1 Å². The van der Waals surface area contributed by atoms with Crippen LogP contribution in [0.5, 0.6) is 5.75 Å². The number of rotatable bonds is 6. The molecule has 0 aliphatic heterocycles. The van der Waals surface area contributed by atoms with E-state index in [0.717, 1.165) is 0 Å². The lowest BCUT2D eigenvalue weighted by molar-refractivity contribution is -0.119. The van der Waals surface area contributed by atoms with E-state index in [4.69, 9.17) is 0 Å². The van der Waals surface area contributed by atoms with Gasteiger partial charge in [-0.25, -0.2) is 5.43 Å². The second kappa shape index (κ2) is 7.73. The van der Waals surface area contributed by atoms with Crippen LogP contribution in [0, 0.1) is 0 Å². The van der Waals surface area contributed by atoms with Gasteiger partial charge >= 0.3 is 0 Å². The second-order valence-electron chi connectivity index (χ2n) is 4.07. The van der Waals surface area contributed by atoms with Crippen LogP contribution >= 0.6 is 0 Å². The van der Waals surface area contributed by atoms with Crippen LogP contribution in [0.25, 0.3) is 0 Å². The van der Waals surface area contributed by atoms with Crippen molar-refractivity contribution < 1.29 is 14.7 Å². The molecule has 0 saturated heterocycles. The Morgan fingerprint density at radius 1 is 1.40 bits per heavy atom. The van der Waals surface area contributed by atoms with Crippen LogP contribution in [0.4, 0.5) is 0 Å². The van der Waals surface area contributed by atoms with Gasteiger partial charge in [0.15, 0.2) is 0 Å². The summed E-state index contributed by atoms with van der Waals surface area (Å²) in [5.74, 6) is -0.863. The van der Waals surface area contributed by atoms with Crippen molar-refractivity contribution in [3.05, 3.63) is 42.5 Å². The number of carbonyl (C=O) groups is 2. The maximum Gasteiger partial charge on any atom is 0.275 e. The van der Waals surface area contributed by atoms with Gasteiger partial charge in [-0.2, -0.15) is 5.10 Å². The lowest BCUT2D eigenvalue weighted by Crippen LogP contribution is -2.26. The summed E-state index contributed by atoms with van der Waals surface area (Å²) < 4.78 is 0. The third kappa shape index (κ3) is 4.93. The van der Waals surface area contributed by atoms with Gasteiger partial charge in [0, 0.05) is 12.3 Å². The summed E-state index contributed by atoms with van der Waals surface area (Å²) in [6, 6.07) is 6.14. The molecular weight excluding hydrogens is 258 g/mol. The molecule has 0 atom stereocenters. The number of phenolic OH excluding ortho intramolecular Hbond substituents is 1. The van der Waals surface area contributed by atoms with E-state index >= 15 is 0 Å². The van der Waals surface area contributed by atoms with Gasteiger partial charge in [0.05, 0.1) is 12.0 Å². The first kappa shape index (κ1) is 15.4. The summed E-state index contributed by atoms with van der Waals surface area (Å²) in [5, 5.41) is 15.9. The van der Waals surface area contributed by atoms with Crippen LogP contribution in [0.1, 0.15) is 23.7 Å². The fourth-order valence-electron chi connectivity index (χ4n) is 1.39. The number of carbonyl (C=O) groups excluding carboxylic acids is 2. The van der Waals surface area contributed by atoms with E-state index in [1.807, 2.05) is 0 Å². The third-order valence-electron chi connectivity index (χ3n) is 2.36. The first-order valence-corrected chi connectivity index (χ1v) is 6.03. The normalized spacial score (nSPS) is 10.8. The number of para-hydroxylation sites is 1. The highest BCUT2D eigenvalue weighted by molar-refractivity contribution is 6.01. The monoisotopic (exact) mass is 275 g/mol. The van der Waals surface area contributed by atoms with Gasteiger partial charge < -0.3 is 10.4 Å². The molecule has 0 heterocycles. The Hall–Kier alpha value is -2.63. The summed E-state index contributed by atoms with van der Waals surface area (Å²) in [6.07, 6.45) is 1.65. The van der Waals surface area contributed by atoms with Crippen LogP contribution in [-0.2, 0) is 4.79 Å². The maximum atomic E-state index is 11.7. The number of amides is 2. The molecule has 0 unspecified atom stereocenters. The fourth-order valence-corrected chi connectivity index (χ4v) is 1.39. The van der Waals surface area contributed by atoms with Crippen LogP contribution in [0.2, 0.25) is 0 Å². The number of aromatic hydroxyl groups is 1. The van der Waals surface area contributed by atoms with Crippen LogP contribution in [0.15, 0.2) is 42.0 Å². The molecule has 20 heavy (non-hydrogen) atoms. The van der Waals surface area contributed by atoms with Gasteiger partial charge in [-0.3, -0.25) is 9.59 Å². The molecule has 6 heteroatoms. The molecule has 0 radical (unpaired) electrons. The number of hydrogen-bond donors (Lipinski definition) is 3. The Bertz CT molecular complexity index is 538. The van der Waals surface area contributed by atoms with Gasteiger partial charge in [-0.15, -0.1) is 6.58 Å². The molecule has 0 spiro atoms. The molecule has 0 bridgehead atoms. The van der Waals surface area contributed by atoms with Crippen molar-refractivity contribution in [2.24, 2.45) is 5.10 Å². The summed E-state index contributed by atoms with van der Waals surface area (Å²) in [4.78, 5) is 23.1. The minimum Gasteiger partial charge on any atom is -0.507 e. The molecular formula is C14H17N3O3. The van der Waals surface area contributed by atoms with Crippen molar-refractivity contribution in [3.8, 4) is 5.75 Å². The van der Waals surface area contributed by atoms with Crippen molar-refractivity contribution >= 4 is 17.5 Å². The maximum absolute atomic E-state index is 11.7. The molecule has 0 aromatic heterocycles. The summed E-state index contributed by atoms with van der Waals surface area (Å²) >= 11 is 0. The molecule has 1 aromatic rings. The van der Waals surface area contributed by atoms with Crippen molar-refractivity contribution in [3.63, 3.8) is 0 Å². The highest BCUT2D eigenvalue weighted by atomic mass is 16.3. The number of hydrogen-bond acceptors (Lipinski definition) is 4. The van der Waals surface area contributed by atoms with Crippen molar-refractivity contribution in [2.45, 2.75) is 13.3 Å². The smallest absolute Gasteiger partial charge is 0.275 e. The lowest BCUT2D eigenvalue weighted by Gasteiger charge is -2.04. The molecule has 0 aliphatic rings. The Morgan fingerprint density at radius 3 is 2.75 bits per heavy atom. The highest BCUT2D eigenvalue weighted by Gasteiger charge is 2.09. The molecule has 106 valence electrons. The van der Waals surface area contributed by atoms with E-state index in [0.29, 0.717) is 12.3 Å². The number of nitrogens with zero attached hydrogens (tertiary/aromatic N) is 1. The first-order chi connectivity index (χ1) is 9.54. The predicted molar refractivity (Wildman–Crippen MR) is 76.5 cm³/mol. The molecule has 0 aliphatic carbocycles. The Kier molecular flexibility index (Phi) is 5.96. The largest absolute Gasteiger partial charge is 0.507 e. The molecule has 1 aromatic carbocycles. The lowest BCUT2D eigenvalue weighted by atomic mass is 10.2. The number of phenols is 1. The fraction of sp³-hybridized carbons (Fsp3) is 0.214. The molecule has 2 amide bonds. The zero-order valence-electron chi connectivity index (χ0n) is 11.2. The predicted octanol–water partition coefficient (Wildman–Crippen LogP) is 1.19. The molecule has 0 fully saturated rings. The van der Waals surface area contributed by atoms with Crippen molar-refractivity contribution in [1.82, 2.24) is 10.7 Å². The van der Waals surface area contributed by atoms with E-state index in [-0.39, 0.29) is 23.6 Å². The number of nitrogens with one attached hydrogen (secondary N) is 2. The van der Waals surface area contributed by atoms with Crippen molar-refractivity contribution in [2.75, 3.05) is 6.54 Å². The average molecular weight is 275 g/mol. The van der Waals surface area contributed by atoms with E-state index < -0.39 is 5.91 Å². The van der Waals surface area contributed by atoms with E-state index in [1.165, 1.54) is 12.1 Å². The van der Waals surface area contributed by atoms with Crippen LogP contribution in [0.3, 0.4) is 0 Å². The molecule has 0 saturated carbocycles. The standard InChI is InChI=1S/C14H17N3O3/c1-3-8-15-13(19)9-10(2)16-17-14(20)11-6-4-5-7-12(11)18/h3-7,18H,1,8-9H2,2H3,(H,15,19)(H,17,20)/b16-10-. The van der Waals surface area contributed by atoms with E-state index in [1.54, 1.807) is 25.1 Å². The number of hydrazone groups is 1. The minimum atomic E-state index is -0.533. The average Bonchev–Trinajstić information content (AvgIpc) is 2.43. The van der Waals surface area contributed by atoms with Crippen LogP contribution in [-0.4, -0.2) is 29.2 Å². The van der Waals surface area contributed by atoms with Gasteiger partial charge in [0.2, 0.25) is 5.91 Å². The van der Waals surface area contributed by atoms with E-state index in [2.05, 4.69) is 22.4 Å². The molecule has 6 nitrogen and oxygen atoms in total. The van der Waals surface area contributed by atoms with Gasteiger partial charge in [0.1, 0.15) is 5.75 Å². The Labute approximate surface area is 117 Å². The Balaban J connectivity index is 2.54. The summed E-state index contributed by atoms with van der Waals surface area (Å²) in [7, 11) is 0. The Morgan fingerprint density at radius 2 is 2.10 bits per heavy atom. The zero-order chi connectivity index (χ0) is 15.0. The summed E-state index contributed by atoms with van der Waals surface area (Å²) in [6.45, 7) is 5.50. The van der Waals surface area contributed by atoms with Crippen LogP contribution < -0.4 is 10.7 Å². The van der Waals surface area contributed by atoms with E-state index in [9.17, 15) is 14.7 Å². The van der Waals surface area contributed by atoms with Gasteiger partial charge in [-0.1, -0.05) is 18.2 Å². The summed E-state index contributed by atoms with van der Waals surface area (Å²) in [5.41, 5.74) is 2.87. The zero-order valence-corrected chi connectivity index (χ0v) is 11.2. The third-order valence-corrected chi connectivity index (χ3v) is 2.36.